The van der Waals surface area contributed by atoms with Crippen molar-refractivity contribution in [2.75, 3.05) is 6.54 Å². The second-order valence-electron chi connectivity index (χ2n) is 5.08. The number of nitrogens with one attached hydrogen (secondary N) is 1. The summed E-state index contributed by atoms with van der Waals surface area (Å²) in [5, 5.41) is 9.08. The van der Waals surface area contributed by atoms with Crippen molar-refractivity contribution in [3.8, 4) is 0 Å². The molecule has 1 heterocycles. The third-order valence-electron chi connectivity index (χ3n) is 3.23. The molecule has 23 heavy (non-hydrogen) atoms. The Bertz CT molecular complexity index is 834. The van der Waals surface area contributed by atoms with Crippen molar-refractivity contribution < 1.29 is 18.3 Å². The van der Waals surface area contributed by atoms with Gasteiger partial charge in [-0.3, -0.25) is 9.97 Å². The third kappa shape index (κ3) is 4.33. The normalized spacial score (nSPS) is 11.4. The molecule has 1 aromatic carbocycles. The van der Waals surface area contributed by atoms with Crippen LogP contribution in [0.3, 0.4) is 0 Å². The van der Waals surface area contributed by atoms with Gasteiger partial charge < -0.3 is 5.11 Å². The molecule has 122 valence electrons. The molecule has 0 bridgehead atoms. The van der Waals surface area contributed by atoms with Crippen LogP contribution in [0.1, 0.15) is 27.3 Å². The zero-order valence-corrected chi connectivity index (χ0v) is 13.6. The van der Waals surface area contributed by atoms with Gasteiger partial charge >= 0.3 is 5.97 Å². The van der Waals surface area contributed by atoms with Gasteiger partial charge in [0.25, 0.3) is 0 Å². The summed E-state index contributed by atoms with van der Waals surface area (Å²) in [6.45, 7) is 3.57. The van der Waals surface area contributed by atoms with Gasteiger partial charge in [-0.2, -0.15) is 0 Å². The van der Waals surface area contributed by atoms with Crippen molar-refractivity contribution in [3.63, 3.8) is 0 Å². The summed E-state index contributed by atoms with van der Waals surface area (Å²) in [4.78, 5) is 19.3. The van der Waals surface area contributed by atoms with E-state index in [2.05, 4.69) is 14.7 Å². The van der Waals surface area contributed by atoms with Gasteiger partial charge in [-0.25, -0.2) is 17.9 Å². The van der Waals surface area contributed by atoms with Crippen LogP contribution in [-0.4, -0.2) is 36.0 Å². The molecule has 7 nitrogen and oxygen atoms in total. The second kappa shape index (κ2) is 6.84. The zero-order valence-electron chi connectivity index (χ0n) is 12.8. The summed E-state index contributed by atoms with van der Waals surface area (Å²) in [6, 6.07) is 4.02. The number of aromatic carboxylic acids is 1. The summed E-state index contributed by atoms with van der Waals surface area (Å²) < 4.78 is 26.9. The first-order chi connectivity index (χ1) is 10.8. The van der Waals surface area contributed by atoms with Gasteiger partial charge in [0.05, 0.1) is 21.8 Å². The Morgan fingerprint density at radius 3 is 2.65 bits per heavy atom. The van der Waals surface area contributed by atoms with Crippen molar-refractivity contribution in [1.29, 1.82) is 0 Å². The van der Waals surface area contributed by atoms with E-state index in [4.69, 9.17) is 5.11 Å². The molecular formula is C15H17N3O4S. The number of carboxylic acids is 1. The van der Waals surface area contributed by atoms with E-state index in [0.29, 0.717) is 17.7 Å². The highest BCUT2D eigenvalue weighted by molar-refractivity contribution is 7.89. The Balaban J connectivity index is 2.10. The van der Waals surface area contributed by atoms with Crippen molar-refractivity contribution >= 4 is 16.0 Å². The van der Waals surface area contributed by atoms with Crippen LogP contribution in [0.4, 0.5) is 0 Å². The number of carbonyl (C=O) groups is 1. The van der Waals surface area contributed by atoms with Crippen LogP contribution < -0.4 is 4.72 Å². The standard InChI is InChI=1S/C15H17N3O4S/c1-10-3-4-13(7-14(10)15(19)20)23(21,22)17-6-5-12-9-16-8-11(2)18-12/h3-4,7-9,17H,5-6H2,1-2H3,(H,19,20). The van der Waals surface area contributed by atoms with E-state index in [1.54, 1.807) is 26.2 Å². The fourth-order valence-electron chi connectivity index (χ4n) is 2.03. The number of aryl methyl sites for hydroxylation is 2. The Labute approximate surface area is 134 Å². The molecule has 0 saturated carbocycles. The van der Waals surface area contributed by atoms with Crippen molar-refractivity contribution in [3.05, 3.63) is 53.1 Å². The lowest BCUT2D eigenvalue weighted by Gasteiger charge is -2.09. The summed E-state index contributed by atoms with van der Waals surface area (Å²) in [5.74, 6) is -1.16. The van der Waals surface area contributed by atoms with E-state index in [1.165, 1.54) is 12.1 Å². The molecule has 0 fully saturated rings. The van der Waals surface area contributed by atoms with E-state index in [1.807, 2.05) is 0 Å². The van der Waals surface area contributed by atoms with E-state index >= 15 is 0 Å². The topological polar surface area (TPSA) is 109 Å². The molecule has 8 heteroatoms. The van der Waals surface area contributed by atoms with Crippen LogP contribution >= 0.6 is 0 Å². The summed E-state index contributed by atoms with van der Waals surface area (Å²) in [7, 11) is -3.77. The number of sulfonamides is 1. The molecule has 2 aromatic rings. The highest BCUT2D eigenvalue weighted by Crippen LogP contribution is 2.15. The van der Waals surface area contributed by atoms with Crippen LogP contribution in [0.2, 0.25) is 0 Å². The Hall–Kier alpha value is -2.32. The molecule has 2 rings (SSSR count). The Kier molecular flexibility index (Phi) is 5.07. The van der Waals surface area contributed by atoms with Crippen molar-refractivity contribution in [2.24, 2.45) is 0 Å². The molecule has 1 aromatic heterocycles. The summed E-state index contributed by atoms with van der Waals surface area (Å²) >= 11 is 0. The van der Waals surface area contributed by atoms with Gasteiger partial charge in [-0.1, -0.05) is 6.07 Å². The first-order valence-electron chi connectivity index (χ1n) is 6.91. The van der Waals surface area contributed by atoms with Gasteiger partial charge in [0.1, 0.15) is 0 Å². The third-order valence-corrected chi connectivity index (χ3v) is 4.69. The van der Waals surface area contributed by atoms with E-state index in [9.17, 15) is 13.2 Å². The maximum atomic E-state index is 12.2. The molecule has 2 N–H and O–H groups in total. The van der Waals surface area contributed by atoms with Gasteiger partial charge in [0.2, 0.25) is 10.0 Å². The average Bonchev–Trinajstić information content (AvgIpc) is 2.47. The molecule has 0 atom stereocenters. The van der Waals surface area contributed by atoms with E-state index < -0.39 is 16.0 Å². The van der Waals surface area contributed by atoms with Crippen molar-refractivity contribution in [1.82, 2.24) is 14.7 Å². The Morgan fingerprint density at radius 2 is 2.00 bits per heavy atom. The SMILES string of the molecule is Cc1cncc(CCNS(=O)(=O)c2ccc(C)c(C(=O)O)c2)n1. The summed E-state index contributed by atoms with van der Waals surface area (Å²) in [6.07, 6.45) is 3.59. The summed E-state index contributed by atoms with van der Waals surface area (Å²) in [5.41, 5.74) is 1.92. The molecule has 0 unspecified atom stereocenters. The minimum Gasteiger partial charge on any atom is -0.478 e. The average molecular weight is 335 g/mol. The van der Waals surface area contributed by atoms with Crippen LogP contribution in [0.25, 0.3) is 0 Å². The largest absolute Gasteiger partial charge is 0.478 e. The van der Waals surface area contributed by atoms with E-state index in [0.717, 1.165) is 11.8 Å². The quantitative estimate of drug-likeness (QED) is 0.824. The highest BCUT2D eigenvalue weighted by Gasteiger charge is 2.17. The lowest BCUT2D eigenvalue weighted by molar-refractivity contribution is 0.0696. The van der Waals surface area contributed by atoms with Crippen LogP contribution in [-0.2, 0) is 16.4 Å². The number of benzene rings is 1. The number of carboxylic acid groups (broad SMARTS) is 1. The van der Waals surface area contributed by atoms with Gasteiger partial charge in [0.15, 0.2) is 0 Å². The minimum absolute atomic E-state index is 0.0302. The molecule has 0 aliphatic rings. The molecule has 0 aliphatic heterocycles. The lowest BCUT2D eigenvalue weighted by atomic mass is 10.1. The highest BCUT2D eigenvalue weighted by atomic mass is 32.2. The maximum absolute atomic E-state index is 12.2. The lowest BCUT2D eigenvalue weighted by Crippen LogP contribution is -2.26. The maximum Gasteiger partial charge on any atom is 0.335 e. The minimum atomic E-state index is -3.77. The number of nitrogens with zero attached hydrogens (tertiary/aromatic N) is 2. The van der Waals surface area contributed by atoms with Gasteiger partial charge in [-0.15, -0.1) is 0 Å². The first-order valence-corrected chi connectivity index (χ1v) is 8.39. The monoisotopic (exact) mass is 335 g/mol. The Morgan fingerprint density at radius 1 is 1.26 bits per heavy atom. The van der Waals surface area contributed by atoms with Crippen molar-refractivity contribution in [2.45, 2.75) is 25.2 Å². The molecule has 0 amide bonds. The van der Waals surface area contributed by atoms with Crippen LogP contribution in [0.5, 0.6) is 0 Å². The molecule has 0 radical (unpaired) electrons. The van der Waals surface area contributed by atoms with Gasteiger partial charge in [0, 0.05) is 25.4 Å². The number of rotatable bonds is 6. The molecular weight excluding hydrogens is 318 g/mol. The first kappa shape index (κ1) is 17.0. The molecule has 0 aliphatic carbocycles. The predicted octanol–water partition coefficient (Wildman–Crippen LogP) is 1.31. The fourth-order valence-corrected chi connectivity index (χ4v) is 3.09. The zero-order chi connectivity index (χ0) is 17.0. The number of hydrogen-bond acceptors (Lipinski definition) is 5. The number of hydrogen-bond donors (Lipinski definition) is 2. The van der Waals surface area contributed by atoms with Crippen LogP contribution in [0.15, 0.2) is 35.5 Å². The molecule has 0 spiro atoms. The predicted molar refractivity (Wildman–Crippen MR) is 83.8 cm³/mol. The van der Waals surface area contributed by atoms with Crippen LogP contribution in [0, 0.1) is 13.8 Å². The van der Waals surface area contributed by atoms with Gasteiger partial charge in [-0.05, 0) is 31.5 Å². The van der Waals surface area contributed by atoms with E-state index in [-0.39, 0.29) is 17.0 Å². The smallest absolute Gasteiger partial charge is 0.335 e. The fraction of sp³-hybridized carbons (Fsp3) is 0.267. The molecule has 0 saturated heterocycles. The second-order valence-corrected chi connectivity index (χ2v) is 6.85. The number of aromatic nitrogens is 2.